The smallest absolute Gasteiger partial charge is 0.110 e. The molecule has 31 heavy (non-hydrogen) atoms. The summed E-state index contributed by atoms with van der Waals surface area (Å²) in [5.74, 6) is 3.74. The van der Waals surface area contributed by atoms with E-state index in [1.54, 1.807) is 11.1 Å². The molecule has 2 bridgehead atoms. The fourth-order valence-corrected chi connectivity index (χ4v) is 7.15. The van der Waals surface area contributed by atoms with Gasteiger partial charge in [-0.25, -0.2) is 4.99 Å². The first-order valence-electron chi connectivity index (χ1n) is 13.1. The van der Waals surface area contributed by atoms with Gasteiger partial charge >= 0.3 is 0 Å². The molecule has 0 radical (unpaired) electrons. The van der Waals surface area contributed by atoms with E-state index in [2.05, 4.69) is 47.5 Å². The number of hydrogen-bond acceptors (Lipinski definition) is 4. The van der Waals surface area contributed by atoms with E-state index >= 15 is 0 Å². The van der Waals surface area contributed by atoms with Gasteiger partial charge in [-0.2, -0.15) is 0 Å². The molecule has 4 heteroatoms. The molecule has 2 aliphatic carbocycles. The number of hydrogen-bond donors (Lipinski definition) is 2. The Hall–Kier alpha value is -1.42. The van der Waals surface area contributed by atoms with Gasteiger partial charge in [0.15, 0.2) is 0 Å². The first-order valence-corrected chi connectivity index (χ1v) is 13.1. The highest BCUT2D eigenvalue weighted by atomic mass is 15.0. The lowest BCUT2D eigenvalue weighted by atomic mass is 9.68. The Bertz CT molecular complexity index is 783. The summed E-state index contributed by atoms with van der Waals surface area (Å²) in [5.41, 5.74) is 6.20. The van der Waals surface area contributed by atoms with Crippen LogP contribution in [0, 0.1) is 29.6 Å². The molecule has 0 aromatic carbocycles. The average molecular weight is 423 g/mol. The maximum Gasteiger partial charge on any atom is 0.110 e. The van der Waals surface area contributed by atoms with E-state index in [-0.39, 0.29) is 0 Å². The Morgan fingerprint density at radius 1 is 1.00 bits per heavy atom. The van der Waals surface area contributed by atoms with Crippen molar-refractivity contribution in [2.24, 2.45) is 39.6 Å². The summed E-state index contributed by atoms with van der Waals surface area (Å²) in [6.45, 7) is 9.68. The molecule has 0 aromatic heterocycles. The Kier molecular flexibility index (Phi) is 6.37. The van der Waals surface area contributed by atoms with Crippen LogP contribution in [0.4, 0.5) is 0 Å². The second-order valence-electron chi connectivity index (χ2n) is 11.2. The highest BCUT2D eigenvalue weighted by Crippen LogP contribution is 2.47. The van der Waals surface area contributed by atoms with Crippen molar-refractivity contribution in [2.45, 2.75) is 90.6 Å². The Balaban J connectivity index is 1.40. The van der Waals surface area contributed by atoms with Crippen molar-refractivity contribution in [3.05, 3.63) is 22.9 Å². The molecule has 0 amide bonds. The standard InChI is InChI=1S/C27H42N4/c1-17(2)26-23-14-20(19-9-11-28-12-10-19)7-8-24(23)31-27(26)21-5-4-6-22-15-25(18(3)13-21)30-16-29-22/h5,16-20,22-24,28,31H,4,6-15H2,1-3H3/b21-5+. The maximum atomic E-state index is 4.68. The number of nitrogens with zero attached hydrogens (tertiary/aromatic N) is 2. The van der Waals surface area contributed by atoms with E-state index in [9.17, 15) is 0 Å². The zero-order chi connectivity index (χ0) is 21.4. The fourth-order valence-electron chi connectivity index (χ4n) is 7.15. The lowest BCUT2D eigenvalue weighted by Gasteiger charge is -2.39. The maximum absolute atomic E-state index is 4.68. The summed E-state index contributed by atoms with van der Waals surface area (Å²) in [7, 11) is 0. The third-order valence-electron chi connectivity index (χ3n) is 8.83. The highest BCUT2D eigenvalue weighted by molar-refractivity contribution is 5.94. The molecule has 1 saturated heterocycles. The van der Waals surface area contributed by atoms with Crippen LogP contribution >= 0.6 is 0 Å². The lowest BCUT2D eigenvalue weighted by Crippen LogP contribution is -2.39. The molecule has 5 aliphatic rings. The summed E-state index contributed by atoms with van der Waals surface area (Å²) in [6.07, 6.45) is 15.8. The zero-order valence-corrected chi connectivity index (χ0v) is 19.9. The Morgan fingerprint density at radius 3 is 2.65 bits per heavy atom. The van der Waals surface area contributed by atoms with Crippen LogP contribution in [0.25, 0.3) is 0 Å². The first kappa shape index (κ1) is 21.4. The van der Waals surface area contributed by atoms with Gasteiger partial charge in [0.05, 0.1) is 6.04 Å². The van der Waals surface area contributed by atoms with E-state index in [0.29, 0.717) is 23.9 Å². The largest absolute Gasteiger partial charge is 0.382 e. The van der Waals surface area contributed by atoms with E-state index in [0.717, 1.165) is 43.4 Å². The van der Waals surface area contributed by atoms with Crippen molar-refractivity contribution < 1.29 is 0 Å². The van der Waals surface area contributed by atoms with Gasteiger partial charge in [0.2, 0.25) is 0 Å². The van der Waals surface area contributed by atoms with Gasteiger partial charge in [-0.1, -0.05) is 26.8 Å². The van der Waals surface area contributed by atoms with Crippen molar-refractivity contribution in [3.63, 3.8) is 0 Å². The van der Waals surface area contributed by atoms with E-state index < -0.39 is 0 Å². The van der Waals surface area contributed by atoms with Crippen LogP contribution in [0.1, 0.15) is 78.6 Å². The molecule has 170 valence electrons. The summed E-state index contributed by atoms with van der Waals surface area (Å²) < 4.78 is 0. The number of nitrogens with one attached hydrogen (secondary N) is 2. The normalized spacial score (nSPS) is 38.5. The molecule has 5 unspecified atom stereocenters. The average Bonchev–Trinajstić information content (AvgIpc) is 3.19. The molecule has 1 saturated carbocycles. The monoisotopic (exact) mass is 422 g/mol. The number of rotatable bonds is 3. The van der Waals surface area contributed by atoms with Crippen molar-refractivity contribution in [1.82, 2.24) is 10.6 Å². The molecule has 0 spiro atoms. The Labute approximate surface area is 189 Å². The van der Waals surface area contributed by atoms with Gasteiger partial charge in [-0.05, 0) is 99.3 Å². The number of fused-ring (bicyclic) bond motifs is 3. The second-order valence-corrected chi connectivity index (χ2v) is 11.2. The number of piperidine rings is 1. The predicted molar refractivity (Wildman–Crippen MR) is 131 cm³/mol. The second kappa shape index (κ2) is 9.21. The van der Waals surface area contributed by atoms with Crippen LogP contribution in [-0.2, 0) is 0 Å². The van der Waals surface area contributed by atoms with E-state index in [4.69, 9.17) is 0 Å². The van der Waals surface area contributed by atoms with Crippen molar-refractivity contribution in [1.29, 1.82) is 0 Å². The van der Waals surface area contributed by atoms with Crippen LogP contribution in [0.3, 0.4) is 0 Å². The molecule has 2 N–H and O–H groups in total. The number of aliphatic imine (C=N–C) groups is 2. The first-order chi connectivity index (χ1) is 15.1. The van der Waals surface area contributed by atoms with Crippen LogP contribution in [0.5, 0.6) is 0 Å². The van der Waals surface area contributed by atoms with Crippen LogP contribution in [-0.4, -0.2) is 37.2 Å². The zero-order valence-electron chi connectivity index (χ0n) is 19.9. The molecule has 5 atom stereocenters. The van der Waals surface area contributed by atoms with Gasteiger partial charge in [0.1, 0.15) is 6.34 Å². The third kappa shape index (κ3) is 4.42. The molecule has 0 aromatic rings. The van der Waals surface area contributed by atoms with E-state index in [1.807, 2.05) is 6.34 Å². The molecular weight excluding hydrogens is 380 g/mol. The Morgan fingerprint density at radius 2 is 1.84 bits per heavy atom. The predicted octanol–water partition coefficient (Wildman–Crippen LogP) is 5.27. The minimum Gasteiger partial charge on any atom is -0.382 e. The minimum absolute atomic E-state index is 0.439. The minimum atomic E-state index is 0.439. The van der Waals surface area contributed by atoms with Crippen LogP contribution < -0.4 is 10.6 Å². The van der Waals surface area contributed by atoms with Gasteiger partial charge < -0.3 is 10.6 Å². The third-order valence-corrected chi connectivity index (χ3v) is 8.83. The van der Waals surface area contributed by atoms with Crippen molar-refractivity contribution in [3.8, 4) is 0 Å². The summed E-state index contributed by atoms with van der Waals surface area (Å²) >= 11 is 0. The van der Waals surface area contributed by atoms with Crippen molar-refractivity contribution >= 4 is 12.1 Å². The summed E-state index contributed by atoms with van der Waals surface area (Å²) in [6, 6.07) is 1.10. The summed E-state index contributed by atoms with van der Waals surface area (Å²) in [4.78, 5) is 9.31. The quantitative estimate of drug-likeness (QED) is 0.651. The van der Waals surface area contributed by atoms with Gasteiger partial charge in [-0.3, -0.25) is 4.99 Å². The fraction of sp³-hybridized carbons (Fsp3) is 0.778. The lowest BCUT2D eigenvalue weighted by molar-refractivity contribution is 0.159. The molecule has 3 heterocycles. The highest BCUT2D eigenvalue weighted by Gasteiger charge is 2.42. The SMILES string of the molecule is CC(C)C1=C(/C2=C/CCC3CC(=NC=N3)C(C)C2)NC2CCC(C3CCNCC3)CC12. The topological polar surface area (TPSA) is 48.8 Å². The molecule has 2 fully saturated rings. The van der Waals surface area contributed by atoms with Crippen LogP contribution in [0.15, 0.2) is 32.9 Å². The number of allylic oxidation sites excluding steroid dienone is 2. The molecule has 5 rings (SSSR count). The summed E-state index contributed by atoms with van der Waals surface area (Å²) in [5, 5.41) is 7.66. The van der Waals surface area contributed by atoms with Crippen molar-refractivity contribution in [2.75, 3.05) is 13.1 Å². The molecule has 4 nitrogen and oxygen atoms in total. The van der Waals surface area contributed by atoms with Gasteiger partial charge in [0, 0.05) is 29.8 Å². The molecule has 3 aliphatic heterocycles. The van der Waals surface area contributed by atoms with Gasteiger partial charge in [0.25, 0.3) is 0 Å². The van der Waals surface area contributed by atoms with E-state index in [1.165, 1.54) is 56.6 Å². The molecular formula is C27H42N4. The van der Waals surface area contributed by atoms with Crippen LogP contribution in [0.2, 0.25) is 0 Å². The van der Waals surface area contributed by atoms with Gasteiger partial charge in [-0.15, -0.1) is 0 Å².